The fraction of sp³-hybridized carbons (Fsp3) is 0.0455. The molecule has 0 amide bonds. The van der Waals surface area contributed by atoms with E-state index in [0.29, 0.717) is 0 Å². The molecule has 0 fully saturated rings. The second-order valence-corrected chi connectivity index (χ2v) is 6.37. The summed E-state index contributed by atoms with van der Waals surface area (Å²) in [6, 6.07) is 16.4. The summed E-state index contributed by atoms with van der Waals surface area (Å²) in [5.74, 6) is 0. The maximum atomic E-state index is 9.44. The molecule has 126 valence electrons. The number of hydrogen-bond donors (Lipinski definition) is 1. The van der Waals surface area contributed by atoms with Gasteiger partial charge in [0.05, 0.1) is 19.1 Å². The van der Waals surface area contributed by atoms with Crippen molar-refractivity contribution in [2.45, 2.75) is 6.61 Å². The molecule has 0 aliphatic carbocycles. The molecule has 0 radical (unpaired) electrons. The van der Waals surface area contributed by atoms with E-state index >= 15 is 0 Å². The molecular weight excluding hydrogens is 324 g/mol. The first-order chi connectivity index (χ1) is 12.8. The normalized spacial score (nSPS) is 11.4. The van der Waals surface area contributed by atoms with E-state index in [4.69, 9.17) is 4.42 Å². The predicted octanol–water partition coefficient (Wildman–Crippen LogP) is 4.91. The van der Waals surface area contributed by atoms with Crippen molar-refractivity contribution >= 4 is 16.4 Å². The number of aliphatic hydroxyl groups is 1. The highest BCUT2D eigenvalue weighted by atomic mass is 16.3. The van der Waals surface area contributed by atoms with Crippen LogP contribution in [0.1, 0.15) is 5.56 Å². The van der Waals surface area contributed by atoms with Gasteiger partial charge in [0, 0.05) is 34.9 Å². The Morgan fingerprint density at radius 2 is 1.85 bits per heavy atom. The molecule has 26 heavy (non-hydrogen) atoms. The molecule has 0 atom stereocenters. The lowest BCUT2D eigenvalue weighted by molar-refractivity contribution is 0.282. The molecule has 0 spiro atoms. The number of aliphatic hydroxyl groups excluding tert-OH is 1. The van der Waals surface area contributed by atoms with Crippen molar-refractivity contribution in [2.75, 3.05) is 0 Å². The van der Waals surface area contributed by atoms with Gasteiger partial charge in [0.1, 0.15) is 5.65 Å². The Bertz CT molecular complexity index is 1230. The van der Waals surface area contributed by atoms with Crippen LogP contribution in [0.3, 0.4) is 0 Å². The van der Waals surface area contributed by atoms with Crippen LogP contribution in [-0.4, -0.2) is 14.5 Å². The summed E-state index contributed by atoms with van der Waals surface area (Å²) in [5.41, 5.74) is 6.11. The van der Waals surface area contributed by atoms with Gasteiger partial charge in [-0.2, -0.15) is 0 Å². The van der Waals surface area contributed by atoms with Crippen LogP contribution in [0.15, 0.2) is 84.1 Å². The molecule has 2 aromatic carbocycles. The van der Waals surface area contributed by atoms with E-state index in [1.54, 1.807) is 12.5 Å². The maximum absolute atomic E-state index is 9.44. The minimum Gasteiger partial charge on any atom is -0.471 e. The van der Waals surface area contributed by atoms with Crippen molar-refractivity contribution < 1.29 is 9.52 Å². The highest BCUT2D eigenvalue weighted by Gasteiger charge is 2.11. The average molecular weight is 340 g/mol. The van der Waals surface area contributed by atoms with E-state index in [1.165, 1.54) is 0 Å². The van der Waals surface area contributed by atoms with Gasteiger partial charge in [0.2, 0.25) is 0 Å². The Balaban J connectivity index is 1.74. The molecule has 0 saturated carbocycles. The lowest BCUT2D eigenvalue weighted by Crippen LogP contribution is -1.92. The topological polar surface area (TPSA) is 50.7 Å². The van der Waals surface area contributed by atoms with Crippen LogP contribution in [0.5, 0.6) is 0 Å². The van der Waals surface area contributed by atoms with Gasteiger partial charge < -0.3 is 13.9 Å². The Morgan fingerprint density at radius 1 is 0.923 bits per heavy atom. The molecule has 5 rings (SSSR count). The molecule has 4 heteroatoms. The Kier molecular flexibility index (Phi) is 3.37. The largest absolute Gasteiger partial charge is 0.471 e. The lowest BCUT2D eigenvalue weighted by Gasteiger charge is -2.10. The number of aromatic nitrogens is 2. The third-order valence-corrected chi connectivity index (χ3v) is 4.72. The SMILES string of the molecule is OCc1cccc(-c2cc(-c3ccc4cocc4c3)c3nccn3c2)c1. The first kappa shape index (κ1) is 14.9. The summed E-state index contributed by atoms with van der Waals surface area (Å²) in [5, 5.41) is 11.6. The maximum Gasteiger partial charge on any atom is 0.144 e. The van der Waals surface area contributed by atoms with Crippen molar-refractivity contribution in [1.29, 1.82) is 0 Å². The zero-order chi connectivity index (χ0) is 17.5. The van der Waals surface area contributed by atoms with Gasteiger partial charge in [-0.3, -0.25) is 0 Å². The third-order valence-electron chi connectivity index (χ3n) is 4.72. The van der Waals surface area contributed by atoms with Crippen LogP contribution in [0, 0.1) is 0 Å². The van der Waals surface area contributed by atoms with Crippen LogP contribution >= 0.6 is 0 Å². The van der Waals surface area contributed by atoms with Crippen LogP contribution in [-0.2, 0) is 6.61 Å². The zero-order valence-electron chi connectivity index (χ0n) is 14.0. The van der Waals surface area contributed by atoms with Crippen LogP contribution in [0.2, 0.25) is 0 Å². The van der Waals surface area contributed by atoms with Gasteiger partial charge in [0.15, 0.2) is 0 Å². The smallest absolute Gasteiger partial charge is 0.144 e. The van der Waals surface area contributed by atoms with Crippen LogP contribution in [0.25, 0.3) is 38.7 Å². The number of fused-ring (bicyclic) bond motifs is 2. The quantitative estimate of drug-likeness (QED) is 0.508. The number of pyridine rings is 1. The van der Waals surface area contributed by atoms with Crippen molar-refractivity contribution in [3.63, 3.8) is 0 Å². The number of hydrogen-bond acceptors (Lipinski definition) is 3. The number of furan rings is 1. The van der Waals surface area contributed by atoms with E-state index in [9.17, 15) is 5.11 Å². The van der Waals surface area contributed by atoms with E-state index in [1.807, 2.05) is 35.0 Å². The lowest BCUT2D eigenvalue weighted by atomic mass is 9.99. The molecule has 0 aliphatic heterocycles. The highest BCUT2D eigenvalue weighted by molar-refractivity contribution is 5.90. The molecule has 0 saturated heterocycles. The molecule has 4 nitrogen and oxygen atoms in total. The Labute approximate surface area is 150 Å². The summed E-state index contributed by atoms with van der Waals surface area (Å²) < 4.78 is 7.34. The number of nitrogens with zero attached hydrogens (tertiary/aromatic N) is 2. The first-order valence-corrected chi connectivity index (χ1v) is 8.45. The monoisotopic (exact) mass is 340 g/mol. The molecule has 1 N–H and O–H groups in total. The van der Waals surface area contributed by atoms with Crippen molar-refractivity contribution in [1.82, 2.24) is 9.38 Å². The van der Waals surface area contributed by atoms with E-state index in [0.717, 1.165) is 44.2 Å². The zero-order valence-corrected chi connectivity index (χ0v) is 14.0. The second-order valence-electron chi connectivity index (χ2n) is 6.37. The number of imidazole rings is 1. The summed E-state index contributed by atoms with van der Waals surface area (Å²) in [4.78, 5) is 4.53. The molecule has 0 bridgehead atoms. The molecule has 3 heterocycles. The standard InChI is InChI=1S/C22H16N2O2/c25-12-15-2-1-3-16(8-15)19-10-21(22-23-6-7-24(22)11-19)17-4-5-18-13-26-14-20(18)9-17/h1-11,13-14,25H,12H2. The number of rotatable bonds is 3. The van der Waals surface area contributed by atoms with Gasteiger partial charge in [0.25, 0.3) is 0 Å². The minimum absolute atomic E-state index is 0.0329. The van der Waals surface area contributed by atoms with Crippen LogP contribution < -0.4 is 0 Å². The molecule has 5 aromatic rings. The molecule has 0 aliphatic rings. The van der Waals surface area contributed by atoms with E-state index in [2.05, 4.69) is 41.5 Å². The Morgan fingerprint density at radius 3 is 2.77 bits per heavy atom. The van der Waals surface area contributed by atoms with Gasteiger partial charge >= 0.3 is 0 Å². The van der Waals surface area contributed by atoms with Gasteiger partial charge in [-0.05, 0) is 40.5 Å². The van der Waals surface area contributed by atoms with Gasteiger partial charge in [-0.15, -0.1) is 0 Å². The minimum atomic E-state index is 0.0329. The van der Waals surface area contributed by atoms with Crippen LogP contribution in [0.4, 0.5) is 0 Å². The second kappa shape index (κ2) is 5.86. The fourth-order valence-corrected chi connectivity index (χ4v) is 3.38. The molecule has 0 unspecified atom stereocenters. The van der Waals surface area contributed by atoms with Crippen molar-refractivity contribution in [3.05, 3.63) is 85.2 Å². The van der Waals surface area contributed by atoms with Gasteiger partial charge in [-0.25, -0.2) is 4.98 Å². The van der Waals surface area contributed by atoms with Gasteiger partial charge in [-0.1, -0.05) is 30.3 Å². The third kappa shape index (κ3) is 2.39. The first-order valence-electron chi connectivity index (χ1n) is 8.45. The summed E-state index contributed by atoms with van der Waals surface area (Å²) >= 11 is 0. The molecular formula is C22H16N2O2. The van der Waals surface area contributed by atoms with Crippen molar-refractivity contribution in [2.24, 2.45) is 0 Å². The van der Waals surface area contributed by atoms with E-state index in [-0.39, 0.29) is 6.61 Å². The summed E-state index contributed by atoms with van der Waals surface area (Å²) in [7, 11) is 0. The Hall–Kier alpha value is -3.37. The average Bonchev–Trinajstić information content (AvgIpc) is 3.35. The highest BCUT2D eigenvalue weighted by Crippen LogP contribution is 2.32. The summed E-state index contributed by atoms with van der Waals surface area (Å²) in [6.45, 7) is 0.0329. The summed E-state index contributed by atoms with van der Waals surface area (Å²) in [6.07, 6.45) is 9.34. The fourth-order valence-electron chi connectivity index (χ4n) is 3.38. The van der Waals surface area contributed by atoms with E-state index < -0.39 is 0 Å². The number of benzene rings is 2. The van der Waals surface area contributed by atoms with Crippen molar-refractivity contribution in [3.8, 4) is 22.3 Å². The molecule has 3 aromatic heterocycles. The predicted molar refractivity (Wildman–Crippen MR) is 102 cm³/mol.